The van der Waals surface area contributed by atoms with Crippen LogP contribution in [0.25, 0.3) is 11.0 Å². The van der Waals surface area contributed by atoms with Crippen LogP contribution in [0, 0.1) is 0 Å². The van der Waals surface area contributed by atoms with E-state index in [2.05, 4.69) is 43.7 Å². The van der Waals surface area contributed by atoms with Gasteiger partial charge in [-0.15, -0.1) is 0 Å². The Bertz CT molecular complexity index is 591. The number of rotatable bonds is 3. The van der Waals surface area contributed by atoms with Gasteiger partial charge in [0.05, 0.1) is 11.0 Å². The number of nitrogens with two attached hydrogens (primary N) is 1. The van der Waals surface area contributed by atoms with Crippen molar-refractivity contribution >= 4 is 11.0 Å². The summed E-state index contributed by atoms with van der Waals surface area (Å²) in [4.78, 5) is 4.77. The first-order valence-corrected chi connectivity index (χ1v) is 6.74. The zero-order valence-electron chi connectivity index (χ0n) is 11.4. The first-order valence-electron chi connectivity index (χ1n) is 6.74. The van der Waals surface area contributed by atoms with Crippen LogP contribution in [0.5, 0.6) is 0 Å². The maximum absolute atomic E-state index is 5.90. The summed E-state index contributed by atoms with van der Waals surface area (Å²) in [6.45, 7) is 5.12. The van der Waals surface area contributed by atoms with E-state index in [4.69, 9.17) is 10.7 Å². The van der Waals surface area contributed by atoms with Crippen molar-refractivity contribution in [1.82, 2.24) is 9.55 Å². The standard InChI is InChI=1S/C15H21N3/c1-10(2)14-17-12-8-11(15(9-16)6-7-15)4-5-13(12)18(14)3/h4-5,8,10H,6-7,9,16H2,1-3H3. The number of imidazole rings is 1. The Morgan fingerprint density at radius 2 is 2.11 bits per heavy atom. The SMILES string of the molecule is CC(C)c1nc2cc(C3(CN)CC3)ccc2n1C. The van der Waals surface area contributed by atoms with E-state index >= 15 is 0 Å². The van der Waals surface area contributed by atoms with Crippen LogP contribution in [-0.2, 0) is 12.5 Å². The summed E-state index contributed by atoms with van der Waals surface area (Å²) < 4.78 is 2.20. The zero-order chi connectivity index (χ0) is 12.9. The van der Waals surface area contributed by atoms with Crippen molar-refractivity contribution in [2.24, 2.45) is 12.8 Å². The largest absolute Gasteiger partial charge is 0.331 e. The minimum Gasteiger partial charge on any atom is -0.331 e. The summed E-state index contributed by atoms with van der Waals surface area (Å²) in [5, 5.41) is 0. The van der Waals surface area contributed by atoms with Crippen LogP contribution in [0.2, 0.25) is 0 Å². The highest BCUT2D eigenvalue weighted by Crippen LogP contribution is 2.47. The molecule has 2 aromatic rings. The van der Waals surface area contributed by atoms with Gasteiger partial charge in [0.25, 0.3) is 0 Å². The van der Waals surface area contributed by atoms with Crippen LogP contribution in [0.1, 0.15) is 44.0 Å². The van der Waals surface area contributed by atoms with Gasteiger partial charge in [-0.2, -0.15) is 0 Å². The summed E-state index contributed by atoms with van der Waals surface area (Å²) in [6, 6.07) is 6.66. The Balaban J connectivity index is 2.13. The normalized spacial score (nSPS) is 17.6. The fourth-order valence-electron chi connectivity index (χ4n) is 2.83. The fraction of sp³-hybridized carbons (Fsp3) is 0.533. The van der Waals surface area contributed by atoms with Crippen LogP contribution in [0.3, 0.4) is 0 Å². The third kappa shape index (κ3) is 1.57. The Hall–Kier alpha value is -1.35. The van der Waals surface area contributed by atoms with Crippen molar-refractivity contribution in [2.75, 3.05) is 6.54 Å². The van der Waals surface area contributed by atoms with Crippen molar-refractivity contribution in [3.05, 3.63) is 29.6 Å². The molecule has 0 atom stereocenters. The van der Waals surface area contributed by atoms with Crippen LogP contribution < -0.4 is 5.73 Å². The minimum atomic E-state index is 0.254. The number of hydrogen-bond acceptors (Lipinski definition) is 2. The van der Waals surface area contributed by atoms with Gasteiger partial charge >= 0.3 is 0 Å². The summed E-state index contributed by atoms with van der Waals surface area (Å²) in [6.07, 6.45) is 2.44. The molecule has 0 aliphatic heterocycles. The van der Waals surface area contributed by atoms with Crippen LogP contribution in [-0.4, -0.2) is 16.1 Å². The number of nitrogens with zero attached hydrogens (tertiary/aromatic N) is 2. The quantitative estimate of drug-likeness (QED) is 0.900. The first-order chi connectivity index (χ1) is 8.57. The monoisotopic (exact) mass is 243 g/mol. The van der Waals surface area contributed by atoms with Crippen LogP contribution >= 0.6 is 0 Å². The smallest absolute Gasteiger partial charge is 0.112 e. The molecule has 3 rings (SSSR count). The van der Waals surface area contributed by atoms with Gasteiger partial charge in [-0.25, -0.2) is 4.98 Å². The number of fused-ring (bicyclic) bond motifs is 1. The Morgan fingerprint density at radius 1 is 1.39 bits per heavy atom. The minimum absolute atomic E-state index is 0.254. The maximum atomic E-state index is 5.90. The molecule has 0 amide bonds. The summed E-state index contributed by atoms with van der Waals surface area (Å²) >= 11 is 0. The number of aryl methyl sites for hydroxylation is 1. The van der Waals surface area contributed by atoms with Gasteiger partial charge in [-0.1, -0.05) is 19.9 Å². The Morgan fingerprint density at radius 3 is 2.67 bits per heavy atom. The van der Waals surface area contributed by atoms with E-state index in [9.17, 15) is 0 Å². The molecule has 18 heavy (non-hydrogen) atoms. The van der Waals surface area contributed by atoms with Crippen molar-refractivity contribution in [3.8, 4) is 0 Å². The molecule has 0 radical (unpaired) electrons. The Kier molecular flexibility index (Phi) is 2.49. The summed E-state index contributed by atoms with van der Waals surface area (Å²) in [5.41, 5.74) is 9.85. The second-order valence-electron chi connectivity index (χ2n) is 5.87. The van der Waals surface area contributed by atoms with Crippen molar-refractivity contribution < 1.29 is 0 Å². The molecule has 1 aliphatic rings. The lowest BCUT2D eigenvalue weighted by Crippen LogP contribution is -2.19. The van der Waals surface area contributed by atoms with E-state index < -0.39 is 0 Å². The van der Waals surface area contributed by atoms with Crippen LogP contribution in [0.4, 0.5) is 0 Å². The molecule has 1 heterocycles. The van der Waals surface area contributed by atoms with Crippen molar-refractivity contribution in [3.63, 3.8) is 0 Å². The molecule has 2 N–H and O–H groups in total. The zero-order valence-corrected chi connectivity index (χ0v) is 11.4. The summed E-state index contributed by atoms with van der Waals surface area (Å²) in [5.74, 6) is 1.61. The fourth-order valence-corrected chi connectivity index (χ4v) is 2.83. The molecule has 3 nitrogen and oxygen atoms in total. The number of aromatic nitrogens is 2. The average Bonchev–Trinajstić information content (AvgIpc) is 3.09. The number of benzene rings is 1. The molecule has 1 aromatic carbocycles. The molecule has 96 valence electrons. The molecule has 1 fully saturated rings. The third-order valence-corrected chi connectivity index (χ3v) is 4.29. The maximum Gasteiger partial charge on any atom is 0.112 e. The summed E-state index contributed by atoms with van der Waals surface area (Å²) in [7, 11) is 2.10. The molecule has 0 unspecified atom stereocenters. The van der Waals surface area contributed by atoms with Crippen LogP contribution in [0.15, 0.2) is 18.2 Å². The lowest BCUT2D eigenvalue weighted by atomic mass is 9.96. The van der Waals surface area contributed by atoms with E-state index in [1.807, 2.05) is 0 Å². The molecule has 0 bridgehead atoms. The first kappa shape index (κ1) is 11.7. The van der Waals surface area contributed by atoms with Crippen molar-refractivity contribution in [2.45, 2.75) is 38.0 Å². The van der Waals surface area contributed by atoms with Crippen molar-refractivity contribution in [1.29, 1.82) is 0 Å². The lowest BCUT2D eigenvalue weighted by molar-refractivity contribution is 0.705. The van der Waals surface area contributed by atoms with E-state index in [0.29, 0.717) is 5.92 Å². The second kappa shape index (κ2) is 3.82. The van der Waals surface area contributed by atoms with Gasteiger partial charge < -0.3 is 10.3 Å². The molecule has 3 heteroatoms. The average molecular weight is 243 g/mol. The number of hydrogen-bond donors (Lipinski definition) is 1. The predicted octanol–water partition coefficient (Wildman–Crippen LogP) is 2.69. The predicted molar refractivity (Wildman–Crippen MR) is 74.8 cm³/mol. The van der Waals surface area contributed by atoms with E-state index in [1.54, 1.807) is 0 Å². The molecule has 1 aliphatic carbocycles. The molecular formula is C15H21N3. The van der Waals surface area contributed by atoms with E-state index in [-0.39, 0.29) is 5.41 Å². The Labute approximate surface area is 108 Å². The highest BCUT2D eigenvalue weighted by Gasteiger charge is 2.42. The van der Waals surface area contributed by atoms with E-state index in [0.717, 1.165) is 17.9 Å². The van der Waals surface area contributed by atoms with Gasteiger partial charge in [0, 0.05) is 24.9 Å². The van der Waals surface area contributed by atoms with Gasteiger partial charge in [0.15, 0.2) is 0 Å². The molecule has 0 spiro atoms. The van der Waals surface area contributed by atoms with Gasteiger partial charge in [0.2, 0.25) is 0 Å². The molecule has 0 saturated heterocycles. The molecule has 1 aromatic heterocycles. The molecule has 1 saturated carbocycles. The van der Waals surface area contributed by atoms with Gasteiger partial charge in [0.1, 0.15) is 5.82 Å². The lowest BCUT2D eigenvalue weighted by Gasteiger charge is -2.12. The highest BCUT2D eigenvalue weighted by atomic mass is 15.1. The van der Waals surface area contributed by atoms with E-state index in [1.165, 1.54) is 23.9 Å². The van der Waals surface area contributed by atoms with Gasteiger partial charge in [-0.05, 0) is 30.5 Å². The van der Waals surface area contributed by atoms with Gasteiger partial charge in [-0.3, -0.25) is 0 Å². The molecular weight excluding hydrogens is 222 g/mol. The second-order valence-corrected chi connectivity index (χ2v) is 5.87. The highest BCUT2D eigenvalue weighted by molar-refractivity contribution is 5.77. The third-order valence-electron chi connectivity index (χ3n) is 4.29. The topological polar surface area (TPSA) is 43.8 Å².